The van der Waals surface area contributed by atoms with Crippen LogP contribution in [0.1, 0.15) is 27.0 Å². The first-order valence-corrected chi connectivity index (χ1v) is 7.20. The first kappa shape index (κ1) is 16.5. The van der Waals surface area contributed by atoms with E-state index < -0.39 is 12.6 Å². The molecule has 0 aliphatic rings. The highest BCUT2D eigenvalue weighted by molar-refractivity contribution is 6.06. The Balaban J connectivity index is 2.05. The van der Waals surface area contributed by atoms with Crippen LogP contribution in [-0.4, -0.2) is 23.5 Å². The number of ether oxygens (including phenoxy) is 1. The van der Waals surface area contributed by atoms with Crippen molar-refractivity contribution in [3.05, 3.63) is 70.8 Å². The summed E-state index contributed by atoms with van der Waals surface area (Å²) in [7, 11) is 0. The van der Waals surface area contributed by atoms with E-state index in [9.17, 15) is 9.59 Å². The van der Waals surface area contributed by atoms with Crippen LogP contribution in [0.25, 0.3) is 6.08 Å². The monoisotopic (exact) mass is 310 g/mol. The Hall–Kier alpha value is -2.88. The zero-order valence-electron chi connectivity index (χ0n) is 13.1. The molecular formula is C19H18O4. The van der Waals surface area contributed by atoms with Crippen LogP contribution in [0.4, 0.5) is 0 Å². The molecule has 0 aromatic heterocycles. The second-order valence-corrected chi connectivity index (χ2v) is 5.26. The third-order valence-corrected chi connectivity index (χ3v) is 3.34. The molecule has 0 atom stereocenters. The lowest BCUT2D eigenvalue weighted by atomic mass is 10.0. The van der Waals surface area contributed by atoms with Crippen molar-refractivity contribution in [1.82, 2.24) is 0 Å². The molecule has 0 spiro atoms. The number of carbonyl (C=O) groups excluding carboxylic acids is 1. The molecule has 0 aliphatic carbocycles. The predicted octanol–water partition coefficient (Wildman–Crippen LogP) is 3.66. The van der Waals surface area contributed by atoms with Crippen molar-refractivity contribution in [2.75, 3.05) is 6.61 Å². The highest BCUT2D eigenvalue weighted by atomic mass is 16.5. The van der Waals surface area contributed by atoms with E-state index in [0.29, 0.717) is 11.3 Å². The first-order chi connectivity index (χ1) is 11.0. The summed E-state index contributed by atoms with van der Waals surface area (Å²) in [4.78, 5) is 22.6. The third kappa shape index (κ3) is 4.81. The van der Waals surface area contributed by atoms with Crippen LogP contribution in [0.15, 0.2) is 48.5 Å². The third-order valence-electron chi connectivity index (χ3n) is 3.34. The summed E-state index contributed by atoms with van der Waals surface area (Å²) < 4.78 is 5.03. The molecule has 4 nitrogen and oxygen atoms in total. The van der Waals surface area contributed by atoms with E-state index in [-0.39, 0.29) is 5.78 Å². The molecule has 0 fully saturated rings. The second kappa shape index (κ2) is 7.40. The standard InChI is InChI=1S/C19H18O4/c1-13-3-4-15(14(2)11-13)7-10-18(20)16-5-8-17(9-6-16)23-12-19(21)22/h3-11H,12H2,1-2H3,(H,21,22). The fraction of sp³-hybridized carbons (Fsp3) is 0.158. The van der Waals surface area contributed by atoms with E-state index in [1.54, 1.807) is 30.3 Å². The SMILES string of the molecule is Cc1ccc(C=CC(=O)c2ccc(OCC(=O)O)cc2)c(C)c1. The summed E-state index contributed by atoms with van der Waals surface area (Å²) in [6.07, 6.45) is 3.33. The number of rotatable bonds is 6. The van der Waals surface area contributed by atoms with Gasteiger partial charge < -0.3 is 9.84 Å². The lowest BCUT2D eigenvalue weighted by Gasteiger charge is -2.04. The van der Waals surface area contributed by atoms with Gasteiger partial charge >= 0.3 is 5.97 Å². The summed E-state index contributed by atoms with van der Waals surface area (Å²) in [6.45, 7) is 3.63. The molecule has 23 heavy (non-hydrogen) atoms. The highest BCUT2D eigenvalue weighted by Gasteiger charge is 2.04. The van der Waals surface area contributed by atoms with Gasteiger partial charge in [-0.15, -0.1) is 0 Å². The normalized spacial score (nSPS) is 10.7. The Labute approximate surface area is 135 Å². The first-order valence-electron chi connectivity index (χ1n) is 7.20. The number of carboxylic acid groups (broad SMARTS) is 1. The Morgan fingerprint density at radius 3 is 2.39 bits per heavy atom. The van der Waals surface area contributed by atoms with E-state index in [0.717, 1.165) is 11.1 Å². The van der Waals surface area contributed by atoms with E-state index in [2.05, 4.69) is 6.07 Å². The summed E-state index contributed by atoms with van der Waals surface area (Å²) in [5.41, 5.74) is 3.83. The Kier molecular flexibility index (Phi) is 5.31. The van der Waals surface area contributed by atoms with Crippen molar-refractivity contribution in [3.63, 3.8) is 0 Å². The predicted molar refractivity (Wildman–Crippen MR) is 88.9 cm³/mol. The fourth-order valence-electron chi connectivity index (χ4n) is 2.13. The molecule has 2 aromatic rings. The van der Waals surface area contributed by atoms with Gasteiger partial charge in [0.15, 0.2) is 12.4 Å². The van der Waals surface area contributed by atoms with Crippen molar-refractivity contribution in [2.45, 2.75) is 13.8 Å². The summed E-state index contributed by atoms with van der Waals surface area (Å²) in [5, 5.41) is 8.55. The molecule has 2 rings (SSSR count). The van der Waals surface area contributed by atoms with E-state index in [1.807, 2.05) is 26.0 Å². The maximum absolute atomic E-state index is 12.2. The van der Waals surface area contributed by atoms with Crippen molar-refractivity contribution in [1.29, 1.82) is 0 Å². The minimum absolute atomic E-state index is 0.116. The molecule has 0 amide bonds. The van der Waals surface area contributed by atoms with Gasteiger partial charge in [0.05, 0.1) is 0 Å². The number of hydrogen-bond donors (Lipinski definition) is 1. The molecule has 0 saturated heterocycles. The van der Waals surface area contributed by atoms with E-state index in [1.165, 1.54) is 11.6 Å². The van der Waals surface area contributed by atoms with E-state index >= 15 is 0 Å². The zero-order chi connectivity index (χ0) is 16.8. The van der Waals surface area contributed by atoms with Crippen LogP contribution in [0.5, 0.6) is 5.75 Å². The average Bonchev–Trinajstić information content (AvgIpc) is 2.52. The van der Waals surface area contributed by atoms with Crippen LogP contribution >= 0.6 is 0 Å². The van der Waals surface area contributed by atoms with Gasteiger partial charge in [-0.05, 0) is 55.3 Å². The molecule has 118 valence electrons. The van der Waals surface area contributed by atoms with Gasteiger partial charge in [-0.25, -0.2) is 4.79 Å². The van der Waals surface area contributed by atoms with Crippen LogP contribution < -0.4 is 4.74 Å². The number of benzene rings is 2. The minimum atomic E-state index is -1.04. The molecule has 0 unspecified atom stereocenters. The van der Waals surface area contributed by atoms with Crippen LogP contribution in [0.3, 0.4) is 0 Å². The molecule has 0 radical (unpaired) electrons. The number of aryl methyl sites for hydroxylation is 2. The molecule has 4 heteroatoms. The number of hydrogen-bond acceptors (Lipinski definition) is 3. The minimum Gasteiger partial charge on any atom is -0.482 e. The topological polar surface area (TPSA) is 63.6 Å². The Morgan fingerprint density at radius 1 is 1.09 bits per heavy atom. The second-order valence-electron chi connectivity index (χ2n) is 5.26. The molecule has 0 saturated carbocycles. The van der Waals surface area contributed by atoms with Gasteiger partial charge in [0.1, 0.15) is 5.75 Å². The van der Waals surface area contributed by atoms with Crippen molar-refractivity contribution in [2.24, 2.45) is 0 Å². The lowest BCUT2D eigenvalue weighted by molar-refractivity contribution is -0.139. The van der Waals surface area contributed by atoms with Crippen molar-refractivity contribution < 1.29 is 19.4 Å². The molecule has 2 aromatic carbocycles. The quantitative estimate of drug-likeness (QED) is 0.653. The largest absolute Gasteiger partial charge is 0.482 e. The number of carboxylic acids is 1. The molecular weight excluding hydrogens is 292 g/mol. The average molecular weight is 310 g/mol. The van der Waals surface area contributed by atoms with E-state index in [4.69, 9.17) is 9.84 Å². The van der Waals surface area contributed by atoms with Gasteiger partial charge in [-0.1, -0.05) is 29.8 Å². The summed E-state index contributed by atoms with van der Waals surface area (Å²) in [6, 6.07) is 12.5. The molecule has 0 aliphatic heterocycles. The van der Waals surface area contributed by atoms with Gasteiger partial charge in [-0.2, -0.15) is 0 Å². The number of allylic oxidation sites excluding steroid dienone is 1. The maximum atomic E-state index is 12.2. The number of carbonyl (C=O) groups is 2. The zero-order valence-corrected chi connectivity index (χ0v) is 13.1. The Bertz CT molecular complexity index is 742. The lowest BCUT2D eigenvalue weighted by Crippen LogP contribution is -2.09. The van der Waals surface area contributed by atoms with Crippen molar-refractivity contribution in [3.8, 4) is 5.75 Å². The highest BCUT2D eigenvalue weighted by Crippen LogP contribution is 2.15. The summed E-state index contributed by atoms with van der Waals surface area (Å²) in [5.74, 6) is -0.737. The van der Waals surface area contributed by atoms with Crippen LogP contribution in [0.2, 0.25) is 0 Å². The molecule has 0 bridgehead atoms. The van der Waals surface area contributed by atoms with Gasteiger partial charge in [-0.3, -0.25) is 4.79 Å². The molecule has 0 heterocycles. The number of aliphatic carboxylic acids is 1. The van der Waals surface area contributed by atoms with Gasteiger partial charge in [0.25, 0.3) is 0 Å². The maximum Gasteiger partial charge on any atom is 0.341 e. The number of ketones is 1. The van der Waals surface area contributed by atoms with Crippen molar-refractivity contribution >= 4 is 17.8 Å². The fourth-order valence-corrected chi connectivity index (χ4v) is 2.13. The molecule has 1 N–H and O–H groups in total. The van der Waals surface area contributed by atoms with Crippen LogP contribution in [0, 0.1) is 13.8 Å². The van der Waals surface area contributed by atoms with Gasteiger partial charge in [0, 0.05) is 5.56 Å². The summed E-state index contributed by atoms with van der Waals surface area (Å²) >= 11 is 0. The van der Waals surface area contributed by atoms with Crippen LogP contribution in [-0.2, 0) is 4.79 Å². The smallest absolute Gasteiger partial charge is 0.341 e. The van der Waals surface area contributed by atoms with Gasteiger partial charge in [0.2, 0.25) is 0 Å². The Morgan fingerprint density at radius 2 is 1.78 bits per heavy atom.